The van der Waals surface area contributed by atoms with Crippen molar-refractivity contribution in [2.45, 2.75) is 13.8 Å². The number of nitrogens with two attached hydrogens (primary N) is 2. The number of phenolic OH excluding ortho intramolecular Hbond substituents is 1. The summed E-state index contributed by atoms with van der Waals surface area (Å²) in [6.07, 6.45) is 1.45. The van der Waals surface area contributed by atoms with Gasteiger partial charge < -0.3 is 21.3 Å². The number of hydrogen-bond donors (Lipinski definition) is 3. The summed E-state index contributed by atoms with van der Waals surface area (Å²) in [6.45, 7) is 3.63. The molecule has 0 aliphatic carbocycles. The van der Waals surface area contributed by atoms with Crippen LogP contribution in [-0.4, -0.2) is 32.7 Å². The molecule has 5 N–H and O–H groups in total. The minimum Gasteiger partial charge on any atom is -0.508 e. The second-order valence-electron chi connectivity index (χ2n) is 5.43. The second kappa shape index (κ2) is 5.41. The number of ether oxygens (including phenoxy) is 1. The van der Waals surface area contributed by atoms with Crippen LogP contribution in [0.1, 0.15) is 21.5 Å². The van der Waals surface area contributed by atoms with Crippen LogP contribution in [0.4, 0.5) is 5.82 Å². The molecule has 0 aliphatic heterocycles. The largest absolute Gasteiger partial charge is 0.508 e. The predicted octanol–water partition coefficient (Wildman–Crippen LogP) is 1.43. The first-order valence-corrected chi connectivity index (χ1v) is 7.17. The first kappa shape index (κ1) is 15.6. The highest BCUT2D eigenvalue weighted by Crippen LogP contribution is 2.35. The Bertz CT molecular complexity index is 978. The van der Waals surface area contributed by atoms with Crippen LogP contribution in [-0.2, 0) is 0 Å². The third-order valence-electron chi connectivity index (χ3n) is 3.98. The molecule has 0 aliphatic rings. The van der Waals surface area contributed by atoms with E-state index in [2.05, 4.69) is 9.97 Å². The molecule has 1 aromatic carbocycles. The Morgan fingerprint density at radius 2 is 2.04 bits per heavy atom. The van der Waals surface area contributed by atoms with Gasteiger partial charge in [-0.05, 0) is 25.5 Å². The fraction of sp³-hybridized carbons (Fsp3) is 0.188. The zero-order valence-electron chi connectivity index (χ0n) is 13.5. The van der Waals surface area contributed by atoms with Crippen molar-refractivity contribution in [3.8, 4) is 17.4 Å². The molecule has 2 heterocycles. The summed E-state index contributed by atoms with van der Waals surface area (Å²) < 4.78 is 6.65. The van der Waals surface area contributed by atoms with Crippen LogP contribution in [0.2, 0.25) is 0 Å². The Morgan fingerprint density at radius 3 is 2.67 bits per heavy atom. The summed E-state index contributed by atoms with van der Waals surface area (Å²) in [5.41, 5.74) is 14.3. The molecule has 8 nitrogen and oxygen atoms in total. The summed E-state index contributed by atoms with van der Waals surface area (Å²) >= 11 is 0. The van der Waals surface area contributed by atoms with Crippen molar-refractivity contribution in [2.24, 2.45) is 5.73 Å². The average Bonchev–Trinajstić information content (AvgIpc) is 2.83. The van der Waals surface area contributed by atoms with Crippen LogP contribution >= 0.6 is 0 Å². The molecule has 3 aromatic rings. The highest BCUT2D eigenvalue weighted by molar-refractivity contribution is 6.10. The van der Waals surface area contributed by atoms with E-state index in [-0.39, 0.29) is 23.1 Å². The summed E-state index contributed by atoms with van der Waals surface area (Å²) in [7, 11) is 1.44. The number of carbonyl (C=O) groups is 1. The molecule has 0 atom stereocenters. The maximum Gasteiger partial charge on any atom is 0.318 e. The van der Waals surface area contributed by atoms with Crippen LogP contribution < -0.4 is 16.2 Å². The number of hydrogen-bond acceptors (Lipinski definition) is 6. The molecule has 0 fully saturated rings. The SMILES string of the molecule is COc1ncc2c(C(N)=O)c(N)n(-c3c(C)ccc(O)c3C)c2n1. The van der Waals surface area contributed by atoms with Crippen LogP contribution in [0.5, 0.6) is 11.8 Å². The number of phenols is 1. The number of aryl methyl sites for hydroxylation is 1. The number of aromatic hydroxyl groups is 1. The van der Waals surface area contributed by atoms with Crippen molar-refractivity contribution in [3.05, 3.63) is 35.0 Å². The van der Waals surface area contributed by atoms with Gasteiger partial charge in [-0.25, -0.2) is 4.98 Å². The van der Waals surface area contributed by atoms with Crippen molar-refractivity contribution in [2.75, 3.05) is 12.8 Å². The van der Waals surface area contributed by atoms with Gasteiger partial charge in [0.25, 0.3) is 5.91 Å². The number of aromatic nitrogens is 3. The van der Waals surface area contributed by atoms with Crippen LogP contribution in [0, 0.1) is 13.8 Å². The van der Waals surface area contributed by atoms with Crippen molar-refractivity contribution >= 4 is 22.8 Å². The lowest BCUT2D eigenvalue weighted by molar-refractivity contribution is 0.100. The molecule has 0 spiro atoms. The molecule has 0 saturated heterocycles. The molecular formula is C16H17N5O3. The fourth-order valence-electron chi connectivity index (χ4n) is 2.82. The number of nitrogens with zero attached hydrogens (tertiary/aromatic N) is 3. The molecule has 0 radical (unpaired) electrons. The molecule has 0 saturated carbocycles. The number of carbonyl (C=O) groups excluding carboxylic acids is 1. The molecule has 0 unspecified atom stereocenters. The van der Waals surface area contributed by atoms with E-state index in [1.54, 1.807) is 23.6 Å². The highest BCUT2D eigenvalue weighted by atomic mass is 16.5. The minimum absolute atomic E-state index is 0.110. The number of methoxy groups -OCH3 is 1. The van der Waals surface area contributed by atoms with Gasteiger partial charge in [-0.15, -0.1) is 0 Å². The van der Waals surface area contributed by atoms with E-state index in [9.17, 15) is 9.90 Å². The van der Waals surface area contributed by atoms with Crippen LogP contribution in [0.3, 0.4) is 0 Å². The quantitative estimate of drug-likeness (QED) is 0.667. The maximum atomic E-state index is 11.9. The molecule has 24 heavy (non-hydrogen) atoms. The van der Waals surface area contributed by atoms with Crippen molar-refractivity contribution in [3.63, 3.8) is 0 Å². The van der Waals surface area contributed by atoms with Crippen molar-refractivity contribution in [1.29, 1.82) is 0 Å². The Hall–Kier alpha value is -3.29. The number of fused-ring (bicyclic) bond motifs is 1. The molecule has 1 amide bonds. The highest BCUT2D eigenvalue weighted by Gasteiger charge is 2.24. The van der Waals surface area contributed by atoms with Gasteiger partial charge in [-0.2, -0.15) is 4.98 Å². The fourth-order valence-corrected chi connectivity index (χ4v) is 2.82. The van der Waals surface area contributed by atoms with E-state index in [0.29, 0.717) is 22.3 Å². The Morgan fingerprint density at radius 1 is 1.33 bits per heavy atom. The lowest BCUT2D eigenvalue weighted by Crippen LogP contribution is -2.14. The molecular weight excluding hydrogens is 310 g/mol. The Balaban J connectivity index is 2.51. The van der Waals surface area contributed by atoms with E-state index in [1.165, 1.54) is 13.3 Å². The topological polar surface area (TPSA) is 129 Å². The average molecular weight is 327 g/mol. The third-order valence-corrected chi connectivity index (χ3v) is 3.98. The van der Waals surface area contributed by atoms with Gasteiger partial charge in [0.1, 0.15) is 11.6 Å². The van der Waals surface area contributed by atoms with Crippen molar-refractivity contribution in [1.82, 2.24) is 14.5 Å². The van der Waals surface area contributed by atoms with Gasteiger partial charge in [0.2, 0.25) is 0 Å². The second-order valence-corrected chi connectivity index (χ2v) is 5.43. The third kappa shape index (κ3) is 2.11. The number of amides is 1. The summed E-state index contributed by atoms with van der Waals surface area (Å²) in [6, 6.07) is 3.49. The number of benzene rings is 1. The number of primary amides is 1. The van der Waals surface area contributed by atoms with Gasteiger partial charge >= 0.3 is 6.01 Å². The summed E-state index contributed by atoms with van der Waals surface area (Å²) in [5.74, 6) is -0.434. The van der Waals surface area contributed by atoms with Gasteiger partial charge in [-0.3, -0.25) is 9.36 Å². The zero-order chi connectivity index (χ0) is 17.6. The monoisotopic (exact) mass is 327 g/mol. The minimum atomic E-state index is -0.680. The van der Waals surface area contributed by atoms with Crippen LogP contribution in [0.25, 0.3) is 16.7 Å². The molecule has 8 heteroatoms. The molecule has 0 bridgehead atoms. The normalized spacial score (nSPS) is 11.0. The van der Waals surface area contributed by atoms with E-state index < -0.39 is 5.91 Å². The predicted molar refractivity (Wildman–Crippen MR) is 89.5 cm³/mol. The summed E-state index contributed by atoms with van der Waals surface area (Å²) in [5, 5.41) is 10.5. The molecule has 2 aromatic heterocycles. The van der Waals surface area contributed by atoms with Gasteiger partial charge in [0.15, 0.2) is 5.65 Å². The standard InChI is InChI=1S/C16H17N5O3/c1-7-4-5-10(22)8(2)12(7)21-13(17)11(14(18)23)9-6-19-16(24-3)20-15(9)21/h4-6,22H,17H2,1-3H3,(H2,18,23). The summed E-state index contributed by atoms with van der Waals surface area (Å²) in [4.78, 5) is 20.2. The van der Waals surface area contributed by atoms with E-state index >= 15 is 0 Å². The number of nitrogen functional groups attached to an aromatic ring is 1. The molecule has 3 rings (SSSR count). The van der Waals surface area contributed by atoms with Gasteiger partial charge in [0, 0.05) is 11.8 Å². The number of anilines is 1. The van der Waals surface area contributed by atoms with Crippen LogP contribution in [0.15, 0.2) is 18.3 Å². The number of rotatable bonds is 3. The van der Waals surface area contributed by atoms with E-state index in [4.69, 9.17) is 16.2 Å². The molecule has 124 valence electrons. The lowest BCUT2D eigenvalue weighted by atomic mass is 10.1. The Labute approximate surface area is 137 Å². The van der Waals surface area contributed by atoms with E-state index in [1.807, 2.05) is 6.92 Å². The zero-order valence-corrected chi connectivity index (χ0v) is 13.5. The maximum absolute atomic E-state index is 11.9. The first-order chi connectivity index (χ1) is 11.4. The first-order valence-electron chi connectivity index (χ1n) is 7.17. The smallest absolute Gasteiger partial charge is 0.318 e. The lowest BCUT2D eigenvalue weighted by Gasteiger charge is -2.15. The van der Waals surface area contributed by atoms with Crippen molar-refractivity contribution < 1.29 is 14.6 Å². The van der Waals surface area contributed by atoms with E-state index in [0.717, 1.165) is 5.56 Å². The van der Waals surface area contributed by atoms with Gasteiger partial charge in [0.05, 0.1) is 23.7 Å². The Kier molecular flexibility index (Phi) is 3.52. The van der Waals surface area contributed by atoms with Gasteiger partial charge in [-0.1, -0.05) is 6.07 Å².